The van der Waals surface area contributed by atoms with Crippen LogP contribution in [0, 0.1) is 0 Å². The van der Waals surface area contributed by atoms with Gasteiger partial charge in [0.1, 0.15) is 0 Å². The molecule has 0 spiro atoms. The molecule has 52 valence electrons. The Balaban J connectivity index is 2.15. The van der Waals surface area contributed by atoms with Gasteiger partial charge in [-0.2, -0.15) is 10.2 Å². The number of hydrogen-bond donors (Lipinski definition) is 0. The molecule has 2 nitrogen and oxygen atoms in total. The van der Waals surface area contributed by atoms with Crippen LogP contribution >= 0.6 is 0 Å². The maximum atomic E-state index is 4.02. The molecule has 0 aromatic carbocycles. The molecule has 0 unspecified atom stereocenters. The van der Waals surface area contributed by atoms with Crippen LogP contribution in [0.5, 0.6) is 0 Å². The van der Waals surface area contributed by atoms with Crippen LogP contribution < -0.4 is 0 Å². The molecule has 0 bridgehead atoms. The fourth-order valence-corrected chi connectivity index (χ4v) is 1.04. The van der Waals surface area contributed by atoms with Crippen LogP contribution in [0.3, 0.4) is 0 Å². The largest absolute Gasteiger partial charge is 0.194 e. The lowest BCUT2D eigenvalue weighted by Crippen LogP contribution is -1.79. The molecule has 1 aliphatic rings. The topological polar surface area (TPSA) is 24.7 Å². The fourth-order valence-electron chi connectivity index (χ4n) is 1.04. The molecular formula is C7H14N2. The van der Waals surface area contributed by atoms with Crippen molar-refractivity contribution in [1.29, 1.82) is 0 Å². The van der Waals surface area contributed by atoms with Crippen molar-refractivity contribution < 1.29 is 0 Å². The minimum Gasteiger partial charge on any atom is -0.194 e. The van der Waals surface area contributed by atoms with Gasteiger partial charge in [-0.05, 0) is 12.8 Å². The van der Waals surface area contributed by atoms with Crippen molar-refractivity contribution >= 4 is 0 Å². The van der Waals surface area contributed by atoms with Crippen molar-refractivity contribution in [3.63, 3.8) is 0 Å². The van der Waals surface area contributed by atoms with Gasteiger partial charge in [-0.25, -0.2) is 0 Å². The third-order valence-corrected chi connectivity index (χ3v) is 1.62. The molecule has 0 aromatic heterocycles. The van der Waals surface area contributed by atoms with E-state index in [0.717, 1.165) is 13.1 Å². The normalized spacial score (nSPS) is 25.8. The van der Waals surface area contributed by atoms with Gasteiger partial charge in [0.25, 0.3) is 0 Å². The molecule has 0 aliphatic carbocycles. The monoisotopic (exact) mass is 126 g/mol. The summed E-state index contributed by atoms with van der Waals surface area (Å²) >= 11 is 0. The lowest BCUT2D eigenvalue weighted by Gasteiger charge is -1.92. The van der Waals surface area contributed by atoms with Gasteiger partial charge in [-0.3, -0.25) is 0 Å². The predicted molar refractivity (Wildman–Crippen MR) is 37.7 cm³/mol. The highest BCUT2D eigenvalue weighted by Gasteiger charge is 1.92. The van der Waals surface area contributed by atoms with Gasteiger partial charge in [0.15, 0.2) is 0 Å². The van der Waals surface area contributed by atoms with Gasteiger partial charge in [-0.1, -0.05) is 19.3 Å². The number of azo groups is 1. The van der Waals surface area contributed by atoms with Crippen LogP contribution in [0.2, 0.25) is 0 Å². The van der Waals surface area contributed by atoms with Gasteiger partial charge < -0.3 is 0 Å². The molecule has 9 heavy (non-hydrogen) atoms. The molecule has 0 atom stereocenters. The zero-order chi connectivity index (χ0) is 6.36. The van der Waals surface area contributed by atoms with E-state index >= 15 is 0 Å². The third-order valence-electron chi connectivity index (χ3n) is 1.62. The Labute approximate surface area is 56.4 Å². The summed E-state index contributed by atoms with van der Waals surface area (Å²) in [4.78, 5) is 0. The molecular weight excluding hydrogens is 112 g/mol. The second kappa shape index (κ2) is 4.48. The van der Waals surface area contributed by atoms with Crippen LogP contribution in [0.15, 0.2) is 10.2 Å². The lowest BCUT2D eigenvalue weighted by molar-refractivity contribution is 0.644. The molecule has 1 heterocycles. The summed E-state index contributed by atoms with van der Waals surface area (Å²) in [6, 6.07) is 0. The van der Waals surface area contributed by atoms with Crippen LogP contribution in [0.4, 0.5) is 0 Å². The summed E-state index contributed by atoms with van der Waals surface area (Å²) in [6.45, 7) is 1.92. The smallest absolute Gasteiger partial charge is 0.0598 e. The van der Waals surface area contributed by atoms with Gasteiger partial charge in [0.05, 0.1) is 13.1 Å². The molecule has 0 saturated carbocycles. The maximum absolute atomic E-state index is 4.02. The van der Waals surface area contributed by atoms with Gasteiger partial charge in [0, 0.05) is 0 Å². The van der Waals surface area contributed by atoms with E-state index in [1.54, 1.807) is 0 Å². The predicted octanol–water partition coefficient (Wildman–Crippen LogP) is 2.40. The molecule has 0 saturated heterocycles. The summed E-state index contributed by atoms with van der Waals surface area (Å²) in [6.07, 6.45) is 6.55. The Morgan fingerprint density at radius 3 is 1.56 bits per heavy atom. The molecule has 0 fully saturated rings. The average Bonchev–Trinajstić information content (AvgIpc) is 2.00. The minimum absolute atomic E-state index is 0.958. The van der Waals surface area contributed by atoms with Crippen molar-refractivity contribution in [3.8, 4) is 0 Å². The SMILES string of the molecule is C1CCC/N=N\CCC1. The first kappa shape index (κ1) is 6.72. The number of nitrogens with zero attached hydrogens (tertiary/aromatic N) is 2. The van der Waals surface area contributed by atoms with Crippen molar-refractivity contribution in [2.75, 3.05) is 13.1 Å². The van der Waals surface area contributed by atoms with Gasteiger partial charge in [0.2, 0.25) is 0 Å². The van der Waals surface area contributed by atoms with Crippen molar-refractivity contribution in [2.24, 2.45) is 10.2 Å². The Morgan fingerprint density at radius 2 is 1.00 bits per heavy atom. The second-order valence-corrected chi connectivity index (χ2v) is 2.50. The minimum atomic E-state index is 0.958. The number of hydrogen-bond acceptors (Lipinski definition) is 2. The highest BCUT2D eigenvalue weighted by Crippen LogP contribution is 2.05. The molecule has 0 amide bonds. The molecule has 1 aliphatic heterocycles. The molecule has 1 rings (SSSR count). The van der Waals surface area contributed by atoms with Crippen molar-refractivity contribution in [3.05, 3.63) is 0 Å². The van der Waals surface area contributed by atoms with E-state index in [0.29, 0.717) is 0 Å². The summed E-state index contributed by atoms with van der Waals surface area (Å²) < 4.78 is 0. The van der Waals surface area contributed by atoms with Crippen LogP contribution in [0.25, 0.3) is 0 Å². The van der Waals surface area contributed by atoms with E-state index in [-0.39, 0.29) is 0 Å². The Bertz CT molecular complexity index is 78.9. The fraction of sp³-hybridized carbons (Fsp3) is 1.00. The van der Waals surface area contributed by atoms with Crippen molar-refractivity contribution in [1.82, 2.24) is 0 Å². The number of rotatable bonds is 0. The second-order valence-electron chi connectivity index (χ2n) is 2.50. The summed E-state index contributed by atoms with van der Waals surface area (Å²) in [7, 11) is 0. The first-order valence-corrected chi connectivity index (χ1v) is 3.83. The lowest BCUT2D eigenvalue weighted by atomic mass is 10.1. The molecule has 0 N–H and O–H groups in total. The highest BCUT2D eigenvalue weighted by molar-refractivity contribution is 4.50. The Hall–Kier alpha value is -0.400. The van der Waals surface area contributed by atoms with E-state index in [2.05, 4.69) is 10.2 Å². The molecule has 2 heteroatoms. The first-order chi connectivity index (χ1) is 4.50. The third kappa shape index (κ3) is 3.22. The quantitative estimate of drug-likeness (QED) is 0.476. The zero-order valence-corrected chi connectivity index (χ0v) is 5.84. The summed E-state index contributed by atoms with van der Waals surface area (Å²) in [5, 5.41) is 8.03. The van der Waals surface area contributed by atoms with Gasteiger partial charge in [-0.15, -0.1) is 0 Å². The maximum Gasteiger partial charge on any atom is 0.0598 e. The van der Waals surface area contributed by atoms with Crippen LogP contribution in [0.1, 0.15) is 32.1 Å². The molecule has 0 radical (unpaired) electrons. The van der Waals surface area contributed by atoms with E-state index in [4.69, 9.17) is 0 Å². The Morgan fingerprint density at radius 1 is 0.556 bits per heavy atom. The Kier molecular flexibility index (Phi) is 3.34. The van der Waals surface area contributed by atoms with Crippen LogP contribution in [-0.2, 0) is 0 Å². The average molecular weight is 126 g/mol. The molecule has 0 aromatic rings. The summed E-state index contributed by atoms with van der Waals surface area (Å²) in [5.41, 5.74) is 0. The zero-order valence-electron chi connectivity index (χ0n) is 5.84. The van der Waals surface area contributed by atoms with E-state index in [9.17, 15) is 0 Å². The van der Waals surface area contributed by atoms with Crippen molar-refractivity contribution in [2.45, 2.75) is 32.1 Å². The van der Waals surface area contributed by atoms with E-state index in [1.807, 2.05) is 0 Å². The first-order valence-electron chi connectivity index (χ1n) is 3.83. The van der Waals surface area contributed by atoms with Gasteiger partial charge >= 0.3 is 0 Å². The van der Waals surface area contributed by atoms with Crippen LogP contribution in [-0.4, -0.2) is 13.1 Å². The summed E-state index contributed by atoms with van der Waals surface area (Å²) in [5.74, 6) is 0. The van der Waals surface area contributed by atoms with E-state index < -0.39 is 0 Å². The standard InChI is InChI=1S/C7H14N2/c1-2-4-6-8-9-7-5-3-1/h1-7H2/b9-8-. The highest BCUT2D eigenvalue weighted by atomic mass is 15.1. The van der Waals surface area contributed by atoms with E-state index in [1.165, 1.54) is 32.1 Å².